The summed E-state index contributed by atoms with van der Waals surface area (Å²) in [4.78, 5) is 1.26. The monoisotopic (exact) mass is 244 g/mol. The molecule has 1 N–H and O–H groups in total. The van der Waals surface area contributed by atoms with E-state index >= 15 is 0 Å². The molecule has 2 heterocycles. The van der Waals surface area contributed by atoms with Gasteiger partial charge in [-0.05, 0) is 29.1 Å². The Balaban J connectivity index is 1.79. The molecule has 0 amide bonds. The first-order valence-corrected chi connectivity index (χ1v) is 6.43. The van der Waals surface area contributed by atoms with Crippen LogP contribution in [0, 0.1) is 0 Å². The number of thiophene rings is 1. The summed E-state index contributed by atoms with van der Waals surface area (Å²) in [5.41, 5.74) is 1.04. The van der Waals surface area contributed by atoms with E-state index in [9.17, 15) is 5.11 Å². The molecule has 4 heteroatoms. The fourth-order valence-electron chi connectivity index (χ4n) is 2.06. The zero-order chi connectivity index (χ0) is 11.7. The Morgan fingerprint density at radius 1 is 1.12 bits per heavy atom. The lowest BCUT2D eigenvalue weighted by Gasteiger charge is -2.07. The Morgan fingerprint density at radius 3 is 2.76 bits per heavy atom. The number of nitrogens with zero attached hydrogens (tertiary/aromatic N) is 2. The molecule has 0 saturated heterocycles. The first kappa shape index (κ1) is 10.5. The van der Waals surface area contributed by atoms with Gasteiger partial charge in [-0.25, -0.2) is 0 Å². The summed E-state index contributed by atoms with van der Waals surface area (Å²) in [6, 6.07) is 11.7. The summed E-state index contributed by atoms with van der Waals surface area (Å²) < 4.78 is 0. The number of benzene rings is 1. The van der Waals surface area contributed by atoms with Gasteiger partial charge < -0.3 is 5.11 Å². The number of hydrogen-bond acceptors (Lipinski definition) is 4. The summed E-state index contributed by atoms with van der Waals surface area (Å²) in [6.45, 7) is 0. The van der Waals surface area contributed by atoms with Crippen LogP contribution in [-0.2, 0) is 0 Å². The van der Waals surface area contributed by atoms with Gasteiger partial charge in [-0.1, -0.05) is 18.2 Å². The molecular formula is C13H12N2OS. The maximum Gasteiger partial charge on any atom is 0.115 e. The van der Waals surface area contributed by atoms with E-state index in [1.165, 1.54) is 4.88 Å². The van der Waals surface area contributed by atoms with Gasteiger partial charge in [0.15, 0.2) is 0 Å². The molecule has 3 nitrogen and oxygen atoms in total. The zero-order valence-electron chi connectivity index (χ0n) is 9.15. The van der Waals surface area contributed by atoms with Gasteiger partial charge in [0.2, 0.25) is 0 Å². The van der Waals surface area contributed by atoms with E-state index in [0.29, 0.717) is 0 Å². The summed E-state index contributed by atoms with van der Waals surface area (Å²) in [5.74, 6) is 0.289. The maximum absolute atomic E-state index is 9.45. The topological polar surface area (TPSA) is 45.0 Å². The minimum atomic E-state index is 0.0780. The molecule has 0 aliphatic carbocycles. The third-order valence-corrected chi connectivity index (χ3v) is 3.89. The minimum absolute atomic E-state index is 0.0780. The average molecular weight is 244 g/mol. The van der Waals surface area contributed by atoms with Crippen molar-refractivity contribution in [3.63, 3.8) is 0 Å². The lowest BCUT2D eigenvalue weighted by molar-refractivity contribution is 0.473. The molecular weight excluding hydrogens is 232 g/mol. The van der Waals surface area contributed by atoms with E-state index < -0.39 is 0 Å². The Labute approximate surface area is 103 Å². The highest BCUT2D eigenvalue weighted by molar-refractivity contribution is 7.10. The van der Waals surface area contributed by atoms with Gasteiger partial charge in [0.1, 0.15) is 11.8 Å². The van der Waals surface area contributed by atoms with E-state index in [2.05, 4.69) is 21.7 Å². The summed E-state index contributed by atoms with van der Waals surface area (Å²) in [7, 11) is 0. The molecule has 0 radical (unpaired) electrons. The van der Waals surface area contributed by atoms with Crippen molar-refractivity contribution in [2.24, 2.45) is 10.2 Å². The molecule has 1 aromatic carbocycles. The van der Waals surface area contributed by atoms with Crippen LogP contribution in [0.1, 0.15) is 28.9 Å². The van der Waals surface area contributed by atoms with Crippen LogP contribution in [0.3, 0.4) is 0 Å². The number of phenols is 1. The number of azo groups is 1. The van der Waals surface area contributed by atoms with Crippen LogP contribution in [0.15, 0.2) is 52.0 Å². The quantitative estimate of drug-likeness (QED) is 0.849. The van der Waals surface area contributed by atoms with Crippen molar-refractivity contribution in [1.29, 1.82) is 0 Å². The highest BCUT2D eigenvalue weighted by Gasteiger charge is 2.25. The molecule has 3 rings (SSSR count). The van der Waals surface area contributed by atoms with E-state index in [4.69, 9.17) is 0 Å². The maximum atomic E-state index is 9.45. The van der Waals surface area contributed by atoms with Gasteiger partial charge in [0.25, 0.3) is 0 Å². The van der Waals surface area contributed by atoms with E-state index in [1.807, 2.05) is 18.2 Å². The molecule has 86 valence electrons. The third-order valence-electron chi connectivity index (χ3n) is 2.92. The lowest BCUT2D eigenvalue weighted by Crippen LogP contribution is -1.94. The van der Waals surface area contributed by atoms with Crippen LogP contribution < -0.4 is 0 Å². The third kappa shape index (κ3) is 2.08. The van der Waals surface area contributed by atoms with Crippen molar-refractivity contribution in [1.82, 2.24) is 0 Å². The Kier molecular flexibility index (Phi) is 2.65. The Hall–Kier alpha value is -1.68. The van der Waals surface area contributed by atoms with E-state index in [1.54, 1.807) is 23.5 Å². The van der Waals surface area contributed by atoms with Crippen LogP contribution in [0.5, 0.6) is 5.75 Å². The normalized spacial score (nSPS) is 23.1. The first-order valence-electron chi connectivity index (χ1n) is 5.55. The summed E-state index contributed by atoms with van der Waals surface area (Å²) >= 11 is 1.72. The molecule has 2 atom stereocenters. The van der Waals surface area contributed by atoms with Gasteiger partial charge in [0.05, 0.1) is 6.04 Å². The van der Waals surface area contributed by atoms with E-state index in [0.717, 1.165) is 12.0 Å². The molecule has 0 saturated carbocycles. The second-order valence-electron chi connectivity index (χ2n) is 4.11. The van der Waals surface area contributed by atoms with Gasteiger partial charge >= 0.3 is 0 Å². The Morgan fingerprint density at radius 2 is 2.00 bits per heavy atom. The van der Waals surface area contributed by atoms with Gasteiger partial charge in [0, 0.05) is 11.3 Å². The molecule has 1 aromatic heterocycles. The smallest absolute Gasteiger partial charge is 0.115 e. The number of rotatable bonds is 2. The Bertz CT molecular complexity index is 536. The fraction of sp³-hybridized carbons (Fsp3) is 0.231. The predicted molar refractivity (Wildman–Crippen MR) is 67.4 cm³/mol. The summed E-state index contributed by atoms with van der Waals surface area (Å²) in [5, 5.41) is 20.1. The van der Waals surface area contributed by atoms with Crippen LogP contribution in [-0.4, -0.2) is 5.11 Å². The van der Waals surface area contributed by atoms with Gasteiger partial charge in [-0.15, -0.1) is 11.3 Å². The fourth-order valence-corrected chi connectivity index (χ4v) is 2.83. The van der Waals surface area contributed by atoms with Crippen molar-refractivity contribution < 1.29 is 5.11 Å². The summed E-state index contributed by atoms with van der Waals surface area (Å²) in [6.07, 6.45) is 0.893. The number of aromatic hydroxyl groups is 1. The second kappa shape index (κ2) is 4.30. The second-order valence-corrected chi connectivity index (χ2v) is 5.09. The van der Waals surface area contributed by atoms with Crippen molar-refractivity contribution in [3.8, 4) is 5.75 Å². The highest BCUT2D eigenvalue weighted by atomic mass is 32.1. The molecule has 2 aromatic rings. The first-order chi connectivity index (χ1) is 8.33. The van der Waals surface area contributed by atoms with Gasteiger partial charge in [-0.2, -0.15) is 10.2 Å². The SMILES string of the molecule is Oc1cccc(C2CC(c3cccs3)N=N2)c1. The van der Waals surface area contributed by atoms with Crippen molar-refractivity contribution >= 4 is 11.3 Å². The van der Waals surface area contributed by atoms with Crippen molar-refractivity contribution in [2.75, 3.05) is 0 Å². The predicted octanol–water partition coefficient (Wildman–Crippen LogP) is 4.09. The molecule has 0 spiro atoms. The van der Waals surface area contributed by atoms with Crippen LogP contribution in [0.25, 0.3) is 0 Å². The molecule has 17 heavy (non-hydrogen) atoms. The molecule has 0 bridgehead atoms. The van der Waals surface area contributed by atoms with Crippen molar-refractivity contribution in [2.45, 2.75) is 18.5 Å². The van der Waals surface area contributed by atoms with Gasteiger partial charge in [-0.3, -0.25) is 0 Å². The molecule has 1 aliphatic heterocycles. The minimum Gasteiger partial charge on any atom is -0.508 e. The van der Waals surface area contributed by atoms with Crippen LogP contribution >= 0.6 is 11.3 Å². The lowest BCUT2D eigenvalue weighted by atomic mass is 10.0. The largest absolute Gasteiger partial charge is 0.508 e. The van der Waals surface area contributed by atoms with E-state index in [-0.39, 0.29) is 17.8 Å². The van der Waals surface area contributed by atoms with Crippen LogP contribution in [0.4, 0.5) is 0 Å². The number of hydrogen-bond donors (Lipinski definition) is 1. The molecule has 2 unspecified atom stereocenters. The average Bonchev–Trinajstić information content (AvgIpc) is 3.00. The number of phenolic OH excluding ortho intramolecular Hbond substituents is 1. The molecule has 0 fully saturated rings. The van der Waals surface area contributed by atoms with Crippen molar-refractivity contribution in [3.05, 3.63) is 52.2 Å². The van der Waals surface area contributed by atoms with Crippen LogP contribution in [0.2, 0.25) is 0 Å². The highest BCUT2D eigenvalue weighted by Crippen LogP contribution is 2.40. The zero-order valence-corrected chi connectivity index (χ0v) is 9.97. The standard InChI is InChI=1S/C13H12N2OS/c16-10-4-1-3-9(7-10)11-8-12(15-14-11)13-5-2-6-17-13/h1-7,11-12,16H,8H2. The molecule has 1 aliphatic rings.